The fraction of sp³-hybridized carbons (Fsp3) is 0.444. The van der Waals surface area contributed by atoms with Crippen LogP contribution in [0, 0.1) is 5.92 Å². The van der Waals surface area contributed by atoms with E-state index in [1.54, 1.807) is 4.57 Å². The lowest BCUT2D eigenvalue weighted by atomic mass is 10.2. The van der Waals surface area contributed by atoms with E-state index in [0.29, 0.717) is 40.2 Å². The number of aromatic nitrogens is 4. The van der Waals surface area contributed by atoms with Crippen molar-refractivity contribution in [3.05, 3.63) is 44.7 Å². The molecule has 0 fully saturated rings. The maximum Gasteiger partial charge on any atom is 0.262 e. The molecule has 1 aromatic carbocycles. The third-order valence-corrected chi connectivity index (χ3v) is 5.43. The van der Waals surface area contributed by atoms with Crippen LogP contribution in [0.15, 0.2) is 37.1 Å². The van der Waals surface area contributed by atoms with Crippen LogP contribution in [0.5, 0.6) is 0 Å². The van der Waals surface area contributed by atoms with E-state index in [9.17, 15) is 4.79 Å². The topological polar surface area (TPSA) is 73.8 Å². The molecule has 3 aromatic rings. The minimum atomic E-state index is -0.0963. The number of fused-ring (bicyclic) bond motifs is 1. The van der Waals surface area contributed by atoms with E-state index < -0.39 is 0 Å². The second-order valence-electron chi connectivity index (χ2n) is 6.53. The second kappa shape index (κ2) is 7.92. The lowest BCUT2D eigenvalue weighted by molar-refractivity contribution is 0.375. The standard InChI is InChI=1S/C18H21BrN4O2S/c1-5-15-21-16(25-22-15)11(4)26-18-20-14-7-6-12(19)8-13(14)17(24)23(18)9-10(2)3/h6-8,10-11H,5,9H2,1-4H3. The molecule has 0 saturated carbocycles. The van der Waals surface area contributed by atoms with Gasteiger partial charge in [0.25, 0.3) is 5.56 Å². The average molecular weight is 437 g/mol. The molecular formula is C18H21BrN4O2S. The van der Waals surface area contributed by atoms with Crippen LogP contribution in [0.2, 0.25) is 0 Å². The van der Waals surface area contributed by atoms with Gasteiger partial charge in [-0.3, -0.25) is 9.36 Å². The SMILES string of the molecule is CCc1noc(C(C)Sc2nc3ccc(Br)cc3c(=O)n2CC(C)C)n1. The summed E-state index contributed by atoms with van der Waals surface area (Å²) in [6.07, 6.45) is 0.724. The lowest BCUT2D eigenvalue weighted by Crippen LogP contribution is -2.25. The number of rotatable bonds is 6. The molecule has 2 aromatic heterocycles. The molecule has 0 amide bonds. The van der Waals surface area contributed by atoms with Crippen molar-refractivity contribution in [2.45, 2.75) is 51.1 Å². The first kappa shape index (κ1) is 19.1. The molecule has 1 unspecified atom stereocenters. The van der Waals surface area contributed by atoms with Crippen molar-refractivity contribution in [2.24, 2.45) is 5.92 Å². The molecule has 0 aliphatic rings. The highest BCUT2D eigenvalue weighted by Gasteiger charge is 2.20. The van der Waals surface area contributed by atoms with Gasteiger partial charge < -0.3 is 4.52 Å². The van der Waals surface area contributed by atoms with Gasteiger partial charge in [-0.05, 0) is 31.0 Å². The Morgan fingerprint density at radius 1 is 1.27 bits per heavy atom. The zero-order chi connectivity index (χ0) is 18.8. The highest BCUT2D eigenvalue weighted by molar-refractivity contribution is 9.10. The Kier molecular flexibility index (Phi) is 5.82. The van der Waals surface area contributed by atoms with Crippen LogP contribution in [-0.4, -0.2) is 19.7 Å². The first-order valence-corrected chi connectivity index (χ1v) is 10.3. The number of benzene rings is 1. The van der Waals surface area contributed by atoms with Crippen LogP contribution >= 0.6 is 27.7 Å². The normalized spacial score (nSPS) is 12.8. The molecule has 0 saturated heterocycles. The van der Waals surface area contributed by atoms with Gasteiger partial charge in [-0.2, -0.15) is 4.98 Å². The van der Waals surface area contributed by atoms with Crippen LogP contribution in [0.3, 0.4) is 0 Å². The molecule has 0 spiro atoms. The average Bonchev–Trinajstić information content (AvgIpc) is 3.08. The van der Waals surface area contributed by atoms with Gasteiger partial charge in [-0.1, -0.05) is 53.6 Å². The molecule has 0 radical (unpaired) electrons. The Hall–Kier alpha value is -1.67. The summed E-state index contributed by atoms with van der Waals surface area (Å²) in [4.78, 5) is 22.2. The van der Waals surface area contributed by atoms with E-state index in [1.165, 1.54) is 11.8 Å². The van der Waals surface area contributed by atoms with Crippen LogP contribution in [0.1, 0.15) is 44.7 Å². The third kappa shape index (κ3) is 4.01. The summed E-state index contributed by atoms with van der Waals surface area (Å²) in [7, 11) is 0. The summed E-state index contributed by atoms with van der Waals surface area (Å²) in [6, 6.07) is 5.58. The summed E-state index contributed by atoms with van der Waals surface area (Å²) in [5.74, 6) is 1.56. The maximum absolute atomic E-state index is 13.0. The molecule has 0 bridgehead atoms. The number of aryl methyl sites for hydroxylation is 1. The van der Waals surface area contributed by atoms with E-state index in [4.69, 9.17) is 9.51 Å². The molecule has 138 valence electrons. The number of thioether (sulfide) groups is 1. The monoisotopic (exact) mass is 436 g/mol. The molecule has 0 N–H and O–H groups in total. The Labute approximate surface area is 164 Å². The second-order valence-corrected chi connectivity index (χ2v) is 8.75. The Bertz CT molecular complexity index is 983. The van der Waals surface area contributed by atoms with Gasteiger partial charge in [0.05, 0.1) is 16.2 Å². The quantitative estimate of drug-likeness (QED) is 0.414. The van der Waals surface area contributed by atoms with Gasteiger partial charge in [0.2, 0.25) is 5.89 Å². The number of halogens is 1. The van der Waals surface area contributed by atoms with E-state index >= 15 is 0 Å². The number of nitrogens with zero attached hydrogens (tertiary/aromatic N) is 4. The third-order valence-electron chi connectivity index (χ3n) is 3.86. The van der Waals surface area contributed by atoms with E-state index in [-0.39, 0.29) is 10.8 Å². The molecule has 26 heavy (non-hydrogen) atoms. The fourth-order valence-electron chi connectivity index (χ4n) is 2.57. The number of hydrogen-bond donors (Lipinski definition) is 0. The molecule has 6 nitrogen and oxygen atoms in total. The molecular weight excluding hydrogens is 416 g/mol. The van der Waals surface area contributed by atoms with Crippen molar-refractivity contribution in [3.63, 3.8) is 0 Å². The largest absolute Gasteiger partial charge is 0.338 e. The van der Waals surface area contributed by atoms with Crippen molar-refractivity contribution in [2.75, 3.05) is 0 Å². The van der Waals surface area contributed by atoms with Crippen LogP contribution in [0.4, 0.5) is 0 Å². The van der Waals surface area contributed by atoms with Gasteiger partial charge in [0.15, 0.2) is 11.0 Å². The fourth-order valence-corrected chi connectivity index (χ4v) is 3.88. The lowest BCUT2D eigenvalue weighted by Gasteiger charge is -2.16. The van der Waals surface area contributed by atoms with Gasteiger partial charge in [0, 0.05) is 17.4 Å². The van der Waals surface area contributed by atoms with Gasteiger partial charge in [-0.15, -0.1) is 0 Å². The van der Waals surface area contributed by atoms with Crippen molar-refractivity contribution < 1.29 is 4.52 Å². The van der Waals surface area contributed by atoms with Crippen molar-refractivity contribution in [3.8, 4) is 0 Å². The zero-order valence-electron chi connectivity index (χ0n) is 15.2. The molecule has 3 rings (SSSR count). The summed E-state index contributed by atoms with van der Waals surface area (Å²) >= 11 is 4.90. The maximum atomic E-state index is 13.0. The Morgan fingerprint density at radius 3 is 2.69 bits per heavy atom. The summed E-state index contributed by atoms with van der Waals surface area (Å²) in [5.41, 5.74) is 0.659. The predicted octanol–water partition coefficient (Wildman–Crippen LogP) is 4.61. The molecule has 0 aliphatic heterocycles. The van der Waals surface area contributed by atoms with Crippen LogP contribution < -0.4 is 5.56 Å². The van der Waals surface area contributed by atoms with Crippen molar-refractivity contribution in [1.82, 2.24) is 19.7 Å². The highest BCUT2D eigenvalue weighted by atomic mass is 79.9. The van der Waals surface area contributed by atoms with Crippen molar-refractivity contribution in [1.29, 1.82) is 0 Å². The smallest absolute Gasteiger partial charge is 0.262 e. The highest BCUT2D eigenvalue weighted by Crippen LogP contribution is 2.33. The molecule has 8 heteroatoms. The van der Waals surface area contributed by atoms with Gasteiger partial charge in [0.1, 0.15) is 0 Å². The zero-order valence-corrected chi connectivity index (χ0v) is 17.6. The molecule has 0 aliphatic carbocycles. The van der Waals surface area contributed by atoms with Gasteiger partial charge in [-0.25, -0.2) is 4.98 Å². The van der Waals surface area contributed by atoms with E-state index in [0.717, 1.165) is 10.9 Å². The van der Waals surface area contributed by atoms with Crippen LogP contribution in [-0.2, 0) is 13.0 Å². The van der Waals surface area contributed by atoms with Crippen LogP contribution in [0.25, 0.3) is 10.9 Å². The minimum Gasteiger partial charge on any atom is -0.338 e. The molecule has 1 atom stereocenters. The Balaban J connectivity index is 2.05. The minimum absolute atomic E-state index is 0.0283. The van der Waals surface area contributed by atoms with Crippen molar-refractivity contribution >= 4 is 38.6 Å². The Morgan fingerprint density at radius 2 is 2.04 bits per heavy atom. The first-order chi connectivity index (χ1) is 12.4. The van der Waals surface area contributed by atoms with E-state index in [2.05, 4.69) is 39.9 Å². The number of hydrogen-bond acceptors (Lipinski definition) is 6. The molecule has 2 heterocycles. The summed E-state index contributed by atoms with van der Waals surface area (Å²) < 4.78 is 7.96. The van der Waals surface area contributed by atoms with Gasteiger partial charge >= 0.3 is 0 Å². The summed E-state index contributed by atoms with van der Waals surface area (Å²) in [5, 5.41) is 5.14. The first-order valence-electron chi connectivity index (χ1n) is 8.58. The summed E-state index contributed by atoms with van der Waals surface area (Å²) in [6.45, 7) is 8.74. The van der Waals surface area contributed by atoms with E-state index in [1.807, 2.05) is 32.0 Å². The predicted molar refractivity (Wildman–Crippen MR) is 106 cm³/mol.